The predicted octanol–water partition coefficient (Wildman–Crippen LogP) is 6.73. The van der Waals surface area contributed by atoms with Gasteiger partial charge < -0.3 is 10.3 Å². The van der Waals surface area contributed by atoms with Crippen molar-refractivity contribution in [2.75, 3.05) is 5.32 Å². The minimum Gasteiger partial charge on any atom is -0.338 e. The third-order valence-electron chi connectivity index (χ3n) is 7.27. The number of hydrogen-bond acceptors (Lipinski definition) is 6. The van der Waals surface area contributed by atoms with Gasteiger partial charge in [-0.15, -0.1) is 11.3 Å². The standard InChI is InChI=1S/C29H25N7OS/c1-16-6-7-26(38-16)20-8-9-31-28-21(20)11-24(34-28)27-22-12-23(32-15-25(22)35-36-27)18-10-19(14-30-13-18)33-29(37)17-4-2-3-5-17/h6-15,17H,2-5H2,1H3,(H,31,34)(H,33,37)(H,35,36). The molecule has 1 saturated carbocycles. The van der Waals surface area contributed by atoms with Gasteiger partial charge in [0.05, 0.1) is 35.0 Å². The Morgan fingerprint density at radius 2 is 1.92 bits per heavy atom. The van der Waals surface area contributed by atoms with Crippen LogP contribution in [0.1, 0.15) is 30.6 Å². The van der Waals surface area contributed by atoms with E-state index in [0.717, 1.165) is 75.8 Å². The number of aromatic amines is 2. The summed E-state index contributed by atoms with van der Waals surface area (Å²) in [6.45, 7) is 2.12. The van der Waals surface area contributed by atoms with Gasteiger partial charge in [0.15, 0.2) is 0 Å². The first kappa shape index (κ1) is 22.8. The molecule has 8 nitrogen and oxygen atoms in total. The molecule has 1 aliphatic rings. The molecule has 188 valence electrons. The van der Waals surface area contributed by atoms with E-state index >= 15 is 0 Å². The van der Waals surface area contributed by atoms with Gasteiger partial charge in [-0.3, -0.25) is 19.9 Å². The van der Waals surface area contributed by atoms with E-state index in [0.29, 0.717) is 5.69 Å². The SMILES string of the molecule is Cc1ccc(-c2ccnc3[nH]c(-c4n[nH]c5cnc(-c6cncc(NC(=O)C7CCCC7)c6)cc45)cc23)s1. The number of carbonyl (C=O) groups is 1. The van der Waals surface area contributed by atoms with Gasteiger partial charge in [-0.25, -0.2) is 4.98 Å². The van der Waals surface area contributed by atoms with Crippen molar-refractivity contribution in [1.82, 2.24) is 30.1 Å². The van der Waals surface area contributed by atoms with Crippen LogP contribution in [0.5, 0.6) is 0 Å². The van der Waals surface area contributed by atoms with Crippen LogP contribution in [0.3, 0.4) is 0 Å². The van der Waals surface area contributed by atoms with E-state index in [1.807, 2.05) is 18.3 Å². The van der Waals surface area contributed by atoms with Crippen molar-refractivity contribution in [2.24, 2.45) is 5.92 Å². The van der Waals surface area contributed by atoms with Crippen LogP contribution in [-0.2, 0) is 4.79 Å². The van der Waals surface area contributed by atoms with Crippen LogP contribution in [0.4, 0.5) is 5.69 Å². The molecule has 6 aromatic heterocycles. The summed E-state index contributed by atoms with van der Waals surface area (Å²) < 4.78 is 0. The number of aromatic nitrogens is 6. The lowest BCUT2D eigenvalue weighted by molar-refractivity contribution is -0.119. The van der Waals surface area contributed by atoms with Crippen molar-refractivity contribution < 1.29 is 4.79 Å². The lowest BCUT2D eigenvalue weighted by Crippen LogP contribution is -2.20. The zero-order valence-corrected chi connectivity index (χ0v) is 21.6. The predicted molar refractivity (Wildman–Crippen MR) is 151 cm³/mol. The van der Waals surface area contributed by atoms with Gasteiger partial charge in [-0.2, -0.15) is 5.10 Å². The molecule has 0 aliphatic heterocycles. The van der Waals surface area contributed by atoms with Crippen LogP contribution >= 0.6 is 11.3 Å². The zero-order valence-electron chi connectivity index (χ0n) is 20.8. The molecule has 0 unspecified atom stereocenters. The number of nitrogens with one attached hydrogen (secondary N) is 3. The maximum Gasteiger partial charge on any atom is 0.227 e. The average Bonchev–Trinajstić information content (AvgIpc) is 3.74. The second-order valence-electron chi connectivity index (χ2n) is 9.83. The summed E-state index contributed by atoms with van der Waals surface area (Å²) in [5.74, 6) is 0.170. The molecule has 0 aromatic carbocycles. The van der Waals surface area contributed by atoms with E-state index in [9.17, 15) is 4.79 Å². The van der Waals surface area contributed by atoms with Crippen LogP contribution in [0, 0.1) is 12.8 Å². The molecule has 0 radical (unpaired) electrons. The van der Waals surface area contributed by atoms with E-state index in [4.69, 9.17) is 0 Å². The molecule has 0 saturated heterocycles. The third-order valence-corrected chi connectivity index (χ3v) is 8.30. The molecular weight excluding hydrogens is 494 g/mol. The molecule has 6 aromatic rings. The Morgan fingerprint density at radius 1 is 1.03 bits per heavy atom. The molecule has 0 bridgehead atoms. The van der Waals surface area contributed by atoms with Crippen LogP contribution in [0.25, 0.3) is 55.0 Å². The van der Waals surface area contributed by atoms with Crippen LogP contribution in [0.15, 0.2) is 61.2 Å². The van der Waals surface area contributed by atoms with Crippen LogP contribution in [0.2, 0.25) is 0 Å². The molecular formula is C29H25N7OS. The molecule has 0 atom stereocenters. The number of thiophene rings is 1. The molecule has 1 fully saturated rings. The Hall–Kier alpha value is -4.37. The number of amides is 1. The molecule has 9 heteroatoms. The number of aryl methyl sites for hydroxylation is 1. The van der Waals surface area contributed by atoms with Gasteiger partial charge in [-0.05, 0) is 56.2 Å². The number of pyridine rings is 3. The Morgan fingerprint density at radius 3 is 2.76 bits per heavy atom. The number of anilines is 1. The van der Waals surface area contributed by atoms with Gasteiger partial charge in [-0.1, -0.05) is 12.8 Å². The monoisotopic (exact) mass is 519 g/mol. The van der Waals surface area contributed by atoms with Crippen molar-refractivity contribution in [2.45, 2.75) is 32.6 Å². The summed E-state index contributed by atoms with van der Waals surface area (Å²) in [6.07, 6.45) is 11.2. The lowest BCUT2D eigenvalue weighted by atomic mass is 10.1. The van der Waals surface area contributed by atoms with E-state index in [-0.39, 0.29) is 11.8 Å². The van der Waals surface area contributed by atoms with Crippen molar-refractivity contribution >= 4 is 44.9 Å². The van der Waals surface area contributed by atoms with Gasteiger partial charge in [0.25, 0.3) is 0 Å². The number of fused-ring (bicyclic) bond motifs is 2. The van der Waals surface area contributed by atoms with E-state index in [1.165, 1.54) is 9.75 Å². The fourth-order valence-electron chi connectivity index (χ4n) is 5.31. The lowest BCUT2D eigenvalue weighted by Gasteiger charge is -2.11. The number of carbonyl (C=O) groups excluding carboxylic acids is 1. The third kappa shape index (κ3) is 4.05. The van der Waals surface area contributed by atoms with E-state index < -0.39 is 0 Å². The van der Waals surface area contributed by atoms with E-state index in [2.05, 4.69) is 66.6 Å². The number of H-pyrrole nitrogens is 2. The van der Waals surface area contributed by atoms with Crippen molar-refractivity contribution in [3.05, 3.63) is 66.1 Å². The molecule has 38 heavy (non-hydrogen) atoms. The Kier molecular flexibility index (Phi) is 5.51. The van der Waals surface area contributed by atoms with Crippen LogP contribution < -0.4 is 5.32 Å². The Balaban J connectivity index is 1.24. The second-order valence-corrected chi connectivity index (χ2v) is 11.1. The molecule has 6 heterocycles. The molecule has 0 spiro atoms. The molecule has 7 rings (SSSR count). The van der Waals surface area contributed by atoms with E-state index in [1.54, 1.807) is 29.9 Å². The van der Waals surface area contributed by atoms with Gasteiger partial charge >= 0.3 is 0 Å². The Bertz CT molecular complexity index is 1810. The zero-order chi connectivity index (χ0) is 25.6. The Labute approximate surface area is 222 Å². The maximum absolute atomic E-state index is 12.6. The smallest absolute Gasteiger partial charge is 0.227 e. The van der Waals surface area contributed by atoms with Crippen molar-refractivity contribution in [3.63, 3.8) is 0 Å². The average molecular weight is 520 g/mol. The second kappa shape index (κ2) is 9.18. The van der Waals surface area contributed by atoms with Crippen molar-refractivity contribution in [1.29, 1.82) is 0 Å². The quantitative estimate of drug-likeness (QED) is 0.234. The van der Waals surface area contributed by atoms with Gasteiger partial charge in [0, 0.05) is 50.0 Å². The highest BCUT2D eigenvalue weighted by Crippen LogP contribution is 2.36. The van der Waals surface area contributed by atoms with Crippen LogP contribution in [-0.4, -0.2) is 36.0 Å². The fraction of sp³-hybridized carbons (Fsp3) is 0.207. The molecule has 1 aliphatic carbocycles. The summed E-state index contributed by atoms with van der Waals surface area (Å²) in [7, 11) is 0. The first-order valence-corrected chi connectivity index (χ1v) is 13.6. The maximum atomic E-state index is 12.6. The highest BCUT2D eigenvalue weighted by atomic mass is 32.1. The summed E-state index contributed by atoms with van der Waals surface area (Å²) in [6, 6.07) is 12.4. The summed E-state index contributed by atoms with van der Waals surface area (Å²) in [4.78, 5) is 32.1. The fourth-order valence-corrected chi connectivity index (χ4v) is 6.22. The number of nitrogens with zero attached hydrogens (tertiary/aromatic N) is 4. The van der Waals surface area contributed by atoms with Gasteiger partial charge in [0.1, 0.15) is 11.3 Å². The molecule has 3 N–H and O–H groups in total. The minimum atomic E-state index is 0.0754. The molecule has 1 amide bonds. The number of rotatable bonds is 5. The summed E-state index contributed by atoms with van der Waals surface area (Å²) in [5, 5.41) is 12.8. The largest absolute Gasteiger partial charge is 0.338 e. The number of hydrogen-bond donors (Lipinski definition) is 3. The van der Waals surface area contributed by atoms with Gasteiger partial charge in [0.2, 0.25) is 5.91 Å². The topological polar surface area (TPSA) is 112 Å². The highest BCUT2D eigenvalue weighted by Gasteiger charge is 2.23. The van der Waals surface area contributed by atoms with Crippen molar-refractivity contribution in [3.8, 4) is 33.1 Å². The minimum absolute atomic E-state index is 0.0754. The first-order chi connectivity index (χ1) is 18.6. The highest BCUT2D eigenvalue weighted by molar-refractivity contribution is 7.15. The normalized spacial score (nSPS) is 14.0. The summed E-state index contributed by atoms with van der Waals surface area (Å²) in [5.41, 5.74) is 6.77. The summed E-state index contributed by atoms with van der Waals surface area (Å²) >= 11 is 1.77. The first-order valence-electron chi connectivity index (χ1n) is 12.8.